The fraction of sp³-hybridized carbons (Fsp3) is 0.857. The van der Waals surface area contributed by atoms with Gasteiger partial charge in [-0.25, -0.2) is 0 Å². The second-order valence-electron chi connectivity index (χ2n) is 12.1. The van der Waals surface area contributed by atoms with Crippen LogP contribution in [-0.4, -0.2) is 11.2 Å². The van der Waals surface area contributed by atoms with Gasteiger partial charge in [-0.3, -0.25) is 0 Å². The summed E-state index contributed by atoms with van der Waals surface area (Å²) in [6.07, 6.45) is 18.9. The molecule has 3 fully saturated rings. The molecular weight excluding hydrogens is 352 g/mol. The van der Waals surface area contributed by atoms with Crippen LogP contribution in [0.2, 0.25) is 0 Å². The molecule has 0 spiro atoms. The molecule has 0 aliphatic heterocycles. The normalized spacial score (nSPS) is 38.6. The lowest BCUT2D eigenvalue weighted by atomic mass is 9.60. The van der Waals surface area contributed by atoms with Crippen LogP contribution in [0, 0.1) is 34.5 Å². The van der Waals surface area contributed by atoms with E-state index < -0.39 is 0 Å². The molecule has 0 aromatic heterocycles. The first-order chi connectivity index (χ1) is 13.6. The van der Waals surface area contributed by atoms with Crippen molar-refractivity contribution in [2.75, 3.05) is 0 Å². The second-order valence-corrected chi connectivity index (χ2v) is 12.1. The molecule has 0 radical (unpaired) electrons. The van der Waals surface area contributed by atoms with E-state index in [2.05, 4.69) is 53.7 Å². The van der Waals surface area contributed by atoms with Gasteiger partial charge >= 0.3 is 0 Å². The van der Waals surface area contributed by atoms with E-state index >= 15 is 0 Å². The van der Waals surface area contributed by atoms with Crippen LogP contribution in [0.5, 0.6) is 0 Å². The van der Waals surface area contributed by atoms with Gasteiger partial charge in [0.1, 0.15) is 0 Å². The lowest BCUT2D eigenvalue weighted by molar-refractivity contribution is 0.0928. The molecule has 0 saturated heterocycles. The van der Waals surface area contributed by atoms with Crippen molar-refractivity contribution in [1.82, 2.24) is 0 Å². The van der Waals surface area contributed by atoms with Gasteiger partial charge in [0.2, 0.25) is 0 Å². The molecule has 0 amide bonds. The molecule has 5 unspecified atom stereocenters. The van der Waals surface area contributed by atoms with Crippen molar-refractivity contribution >= 4 is 0 Å². The van der Waals surface area contributed by atoms with Gasteiger partial charge in [-0.15, -0.1) is 0 Å². The van der Waals surface area contributed by atoms with E-state index in [-0.39, 0.29) is 11.5 Å². The third kappa shape index (κ3) is 5.20. The summed E-state index contributed by atoms with van der Waals surface area (Å²) < 4.78 is 0. The van der Waals surface area contributed by atoms with Crippen molar-refractivity contribution in [2.45, 2.75) is 118 Å². The first kappa shape index (κ1) is 23.1. The molecule has 166 valence electrons. The van der Waals surface area contributed by atoms with Crippen molar-refractivity contribution in [1.29, 1.82) is 0 Å². The Morgan fingerprint density at radius 3 is 2.48 bits per heavy atom. The lowest BCUT2D eigenvalue weighted by Crippen LogP contribution is -2.36. The van der Waals surface area contributed by atoms with Gasteiger partial charge in [0, 0.05) is 0 Å². The minimum atomic E-state index is -0.133. The predicted octanol–water partition coefficient (Wildman–Crippen LogP) is 8.09. The van der Waals surface area contributed by atoms with E-state index in [1.54, 1.807) is 5.57 Å². The lowest BCUT2D eigenvalue weighted by Gasteiger charge is -2.44. The Balaban J connectivity index is 1.72. The maximum atomic E-state index is 10.2. The number of aliphatic hydroxyl groups excluding tert-OH is 1. The van der Waals surface area contributed by atoms with Crippen molar-refractivity contribution in [3.05, 3.63) is 23.3 Å². The zero-order valence-corrected chi connectivity index (χ0v) is 20.3. The Kier molecular flexibility index (Phi) is 7.40. The molecule has 3 aliphatic carbocycles. The SMILES string of the molecule is CC(C)CCCC(C)C1CCC2C(=CC=C3CC(O)CCC3(C)C)CCCC21C. The minimum absolute atomic E-state index is 0.133. The summed E-state index contributed by atoms with van der Waals surface area (Å²) in [6, 6.07) is 0. The van der Waals surface area contributed by atoms with Crippen LogP contribution in [0.3, 0.4) is 0 Å². The first-order valence-electron chi connectivity index (χ1n) is 12.7. The number of allylic oxidation sites excluding steroid dienone is 3. The molecule has 1 heteroatoms. The standard InChI is InChI=1S/C28H48O/c1-20(2)9-7-10-21(3)25-14-15-26-22(11-8-17-28(25,26)6)12-13-23-19-24(29)16-18-27(23,4)5/h12-13,20-21,24-26,29H,7-11,14-19H2,1-6H3. The summed E-state index contributed by atoms with van der Waals surface area (Å²) in [4.78, 5) is 0. The molecule has 5 atom stereocenters. The van der Waals surface area contributed by atoms with Crippen LogP contribution in [0.15, 0.2) is 23.3 Å². The van der Waals surface area contributed by atoms with E-state index in [0.29, 0.717) is 5.41 Å². The Hall–Kier alpha value is -0.560. The summed E-state index contributed by atoms with van der Waals surface area (Å²) in [6.45, 7) is 14.6. The molecule has 3 rings (SSSR count). The maximum absolute atomic E-state index is 10.2. The van der Waals surface area contributed by atoms with Crippen LogP contribution in [0.1, 0.15) is 112 Å². The summed E-state index contributed by atoms with van der Waals surface area (Å²) in [5, 5.41) is 10.2. The van der Waals surface area contributed by atoms with Crippen molar-refractivity contribution in [3.63, 3.8) is 0 Å². The zero-order chi connectivity index (χ0) is 21.2. The predicted molar refractivity (Wildman–Crippen MR) is 126 cm³/mol. The van der Waals surface area contributed by atoms with Crippen LogP contribution in [0.25, 0.3) is 0 Å². The molecule has 29 heavy (non-hydrogen) atoms. The highest BCUT2D eigenvalue weighted by molar-refractivity contribution is 5.28. The number of fused-ring (bicyclic) bond motifs is 1. The van der Waals surface area contributed by atoms with Gasteiger partial charge < -0.3 is 5.11 Å². The van der Waals surface area contributed by atoms with Crippen molar-refractivity contribution < 1.29 is 5.11 Å². The van der Waals surface area contributed by atoms with Gasteiger partial charge in [0.15, 0.2) is 0 Å². The molecule has 0 bridgehead atoms. The van der Waals surface area contributed by atoms with E-state index in [4.69, 9.17) is 0 Å². The smallest absolute Gasteiger partial charge is 0.0578 e. The van der Waals surface area contributed by atoms with Gasteiger partial charge in [-0.2, -0.15) is 0 Å². The molecule has 0 aromatic rings. The van der Waals surface area contributed by atoms with Gasteiger partial charge in [-0.05, 0) is 85.9 Å². The fourth-order valence-corrected chi connectivity index (χ4v) is 7.09. The van der Waals surface area contributed by atoms with Gasteiger partial charge in [0.25, 0.3) is 0 Å². The van der Waals surface area contributed by atoms with E-state index in [0.717, 1.165) is 42.9 Å². The summed E-state index contributed by atoms with van der Waals surface area (Å²) >= 11 is 0. The molecule has 0 aromatic carbocycles. The van der Waals surface area contributed by atoms with E-state index in [1.807, 2.05) is 0 Å². The highest BCUT2D eigenvalue weighted by atomic mass is 16.3. The van der Waals surface area contributed by atoms with Crippen LogP contribution in [0.4, 0.5) is 0 Å². The average molecular weight is 401 g/mol. The topological polar surface area (TPSA) is 20.2 Å². The van der Waals surface area contributed by atoms with Gasteiger partial charge in [-0.1, -0.05) is 84.1 Å². The number of hydrogen-bond donors (Lipinski definition) is 1. The van der Waals surface area contributed by atoms with Crippen molar-refractivity contribution in [2.24, 2.45) is 34.5 Å². The Morgan fingerprint density at radius 1 is 1.00 bits per heavy atom. The van der Waals surface area contributed by atoms with Crippen molar-refractivity contribution in [3.8, 4) is 0 Å². The van der Waals surface area contributed by atoms with Crippen LogP contribution >= 0.6 is 0 Å². The second kappa shape index (κ2) is 9.29. The Labute approximate surface area is 181 Å². The summed E-state index contributed by atoms with van der Waals surface area (Å²) in [5.74, 6) is 3.41. The molecule has 3 aliphatic rings. The van der Waals surface area contributed by atoms with Gasteiger partial charge in [0.05, 0.1) is 6.10 Å². The summed E-state index contributed by atoms with van der Waals surface area (Å²) in [7, 11) is 0. The number of hydrogen-bond acceptors (Lipinski definition) is 1. The third-order valence-electron chi connectivity index (χ3n) is 9.09. The molecular formula is C28H48O. The monoisotopic (exact) mass is 400 g/mol. The van der Waals surface area contributed by atoms with Crippen LogP contribution in [-0.2, 0) is 0 Å². The highest BCUT2D eigenvalue weighted by Crippen LogP contribution is 2.60. The Morgan fingerprint density at radius 2 is 1.76 bits per heavy atom. The van der Waals surface area contributed by atoms with E-state index in [1.165, 1.54) is 56.9 Å². The molecule has 3 saturated carbocycles. The molecule has 1 N–H and O–H groups in total. The van der Waals surface area contributed by atoms with E-state index in [9.17, 15) is 5.11 Å². The molecule has 1 nitrogen and oxygen atoms in total. The zero-order valence-electron chi connectivity index (χ0n) is 20.3. The number of rotatable bonds is 6. The quantitative estimate of drug-likeness (QED) is 0.477. The summed E-state index contributed by atoms with van der Waals surface area (Å²) in [5.41, 5.74) is 3.95. The molecule has 0 heterocycles. The maximum Gasteiger partial charge on any atom is 0.0578 e. The third-order valence-corrected chi connectivity index (χ3v) is 9.09. The average Bonchev–Trinajstić information content (AvgIpc) is 3.00. The number of aliphatic hydroxyl groups is 1. The fourth-order valence-electron chi connectivity index (χ4n) is 7.09. The largest absolute Gasteiger partial charge is 0.393 e. The minimum Gasteiger partial charge on any atom is -0.393 e. The first-order valence-corrected chi connectivity index (χ1v) is 12.7. The van der Waals surface area contributed by atoms with Crippen LogP contribution < -0.4 is 0 Å². The highest BCUT2D eigenvalue weighted by Gasteiger charge is 2.50. The Bertz CT molecular complexity index is 610.